The maximum absolute atomic E-state index is 12.1. The molecular weight excluding hydrogens is 400 g/mol. The average molecular weight is 419 g/mol. The second-order valence-electron chi connectivity index (χ2n) is 6.03. The van der Waals surface area contributed by atoms with E-state index in [1.807, 2.05) is 4.98 Å². The first-order valence-electron chi connectivity index (χ1n) is 8.22. The second kappa shape index (κ2) is 9.02. The summed E-state index contributed by atoms with van der Waals surface area (Å²) in [6, 6.07) is 0. The van der Waals surface area contributed by atoms with Crippen molar-refractivity contribution in [3.8, 4) is 0 Å². The van der Waals surface area contributed by atoms with Crippen LogP contribution in [0.5, 0.6) is 0 Å². The molecule has 1 aromatic heterocycles. The monoisotopic (exact) mass is 418 g/mol. The number of halogens is 1. The first-order chi connectivity index (χ1) is 13.1. The van der Waals surface area contributed by atoms with Crippen molar-refractivity contribution >= 4 is 29.5 Å². The third-order valence-electron chi connectivity index (χ3n) is 3.80. The van der Waals surface area contributed by atoms with Crippen LogP contribution in [0.1, 0.15) is 33.4 Å². The highest BCUT2D eigenvalue weighted by Crippen LogP contribution is 2.31. The molecule has 1 aliphatic heterocycles. The molecule has 0 spiro atoms. The number of carbonyl (C=O) groups excluding carboxylic acids is 3. The van der Waals surface area contributed by atoms with Gasteiger partial charge in [-0.2, -0.15) is 0 Å². The number of hydrogen-bond acceptors (Lipinski definition) is 9. The molecule has 154 valence electrons. The average Bonchev–Trinajstić information content (AvgIpc) is 2.57. The molecule has 4 atom stereocenters. The summed E-state index contributed by atoms with van der Waals surface area (Å²) in [6.07, 6.45) is -3.18. The van der Waals surface area contributed by atoms with E-state index in [9.17, 15) is 24.0 Å². The minimum absolute atomic E-state index is 0.0869. The van der Waals surface area contributed by atoms with Gasteiger partial charge in [-0.15, -0.1) is 0 Å². The molecule has 0 unspecified atom stereocenters. The molecule has 0 amide bonds. The Labute approximate surface area is 163 Å². The fourth-order valence-corrected chi connectivity index (χ4v) is 2.92. The summed E-state index contributed by atoms with van der Waals surface area (Å²) in [5.74, 6) is -1.93. The largest absolute Gasteiger partial charge is 0.463 e. The molecule has 12 heteroatoms. The van der Waals surface area contributed by atoms with Crippen LogP contribution in [0.15, 0.2) is 15.8 Å². The molecule has 0 aromatic carbocycles. The fraction of sp³-hybridized carbons (Fsp3) is 0.562. The van der Waals surface area contributed by atoms with E-state index in [1.54, 1.807) is 0 Å². The molecule has 2 heterocycles. The van der Waals surface area contributed by atoms with E-state index in [4.69, 9.17) is 30.5 Å². The van der Waals surface area contributed by atoms with Crippen LogP contribution in [0.25, 0.3) is 0 Å². The zero-order valence-electron chi connectivity index (χ0n) is 15.3. The number of nitrogens with one attached hydrogen (secondary N) is 1. The van der Waals surface area contributed by atoms with E-state index in [-0.39, 0.29) is 18.1 Å². The van der Waals surface area contributed by atoms with E-state index in [0.29, 0.717) is 0 Å². The number of nitrogens with zero attached hydrogens (tertiary/aromatic N) is 1. The molecule has 1 saturated heterocycles. The van der Waals surface area contributed by atoms with Crippen LogP contribution in [0.3, 0.4) is 0 Å². The molecule has 1 fully saturated rings. The van der Waals surface area contributed by atoms with Crippen LogP contribution >= 0.6 is 11.6 Å². The highest BCUT2D eigenvalue weighted by Gasteiger charge is 2.44. The van der Waals surface area contributed by atoms with Crippen molar-refractivity contribution in [1.29, 1.82) is 0 Å². The van der Waals surface area contributed by atoms with E-state index < -0.39 is 53.7 Å². The van der Waals surface area contributed by atoms with Gasteiger partial charge in [-0.25, -0.2) is 4.79 Å². The van der Waals surface area contributed by atoms with Crippen LogP contribution in [0.2, 0.25) is 5.02 Å². The summed E-state index contributed by atoms with van der Waals surface area (Å²) < 4.78 is 22.1. The van der Waals surface area contributed by atoms with Crippen LogP contribution in [-0.2, 0) is 33.3 Å². The molecule has 2 rings (SSSR count). The van der Waals surface area contributed by atoms with E-state index in [2.05, 4.69) is 0 Å². The van der Waals surface area contributed by atoms with Crippen LogP contribution < -0.4 is 11.2 Å². The fourth-order valence-electron chi connectivity index (χ4n) is 2.77. The van der Waals surface area contributed by atoms with Crippen LogP contribution in [-0.4, -0.2) is 52.4 Å². The quantitative estimate of drug-likeness (QED) is 0.512. The van der Waals surface area contributed by atoms with Gasteiger partial charge in [0.1, 0.15) is 30.1 Å². The summed E-state index contributed by atoms with van der Waals surface area (Å²) in [6.45, 7) is 3.18. The SMILES string of the molecule is CC(=O)OC[C@H]1O[C@@H](n2cc(Cl)c(=O)[nH]c2=O)C[C@@H](OC(C)=O)[C@@H]1OC(C)=O. The molecule has 1 N–H and O–H groups in total. The standard InChI is InChI=1S/C16H19ClN2O9/c1-7(20)25-6-12-14(27-9(3)22)11(26-8(2)21)4-13(28-12)19-5-10(17)15(23)18-16(19)24/h5,11-14H,4,6H2,1-3H3,(H,18,23,24)/t11-,12-,13-,14+/m1/s1. The summed E-state index contributed by atoms with van der Waals surface area (Å²) >= 11 is 5.78. The smallest absolute Gasteiger partial charge is 0.330 e. The van der Waals surface area contributed by atoms with Gasteiger partial charge in [0, 0.05) is 33.4 Å². The Morgan fingerprint density at radius 2 is 1.82 bits per heavy atom. The van der Waals surface area contributed by atoms with Gasteiger partial charge in [0.2, 0.25) is 0 Å². The number of esters is 3. The minimum atomic E-state index is -1.08. The van der Waals surface area contributed by atoms with Gasteiger partial charge in [-0.05, 0) is 0 Å². The number of aromatic amines is 1. The molecule has 1 aromatic rings. The van der Waals surface area contributed by atoms with Crippen molar-refractivity contribution in [2.24, 2.45) is 0 Å². The van der Waals surface area contributed by atoms with Crippen LogP contribution in [0.4, 0.5) is 0 Å². The van der Waals surface area contributed by atoms with Crippen molar-refractivity contribution in [3.63, 3.8) is 0 Å². The lowest BCUT2D eigenvalue weighted by molar-refractivity contribution is -0.227. The van der Waals surface area contributed by atoms with Gasteiger partial charge in [-0.1, -0.05) is 11.6 Å². The molecule has 1 aliphatic rings. The number of rotatable bonds is 5. The minimum Gasteiger partial charge on any atom is -0.463 e. The van der Waals surface area contributed by atoms with E-state index in [1.165, 1.54) is 13.8 Å². The van der Waals surface area contributed by atoms with Gasteiger partial charge < -0.3 is 18.9 Å². The Balaban J connectivity index is 2.41. The van der Waals surface area contributed by atoms with Gasteiger partial charge in [0.15, 0.2) is 6.10 Å². The number of ether oxygens (including phenoxy) is 4. The van der Waals surface area contributed by atoms with Gasteiger partial charge >= 0.3 is 23.6 Å². The number of hydrogen-bond donors (Lipinski definition) is 1. The summed E-state index contributed by atoms with van der Waals surface area (Å²) in [7, 11) is 0. The molecule has 0 radical (unpaired) electrons. The van der Waals surface area contributed by atoms with E-state index in [0.717, 1.165) is 17.7 Å². The molecule has 0 aliphatic carbocycles. The molecule has 28 heavy (non-hydrogen) atoms. The highest BCUT2D eigenvalue weighted by molar-refractivity contribution is 6.30. The number of H-pyrrole nitrogens is 1. The predicted molar refractivity (Wildman–Crippen MR) is 92.6 cm³/mol. The van der Waals surface area contributed by atoms with Crippen molar-refractivity contribution < 1.29 is 33.3 Å². The predicted octanol–water partition coefficient (Wildman–Crippen LogP) is -0.0960. The molecule has 0 saturated carbocycles. The van der Waals surface area contributed by atoms with Gasteiger partial charge in [0.05, 0.1) is 0 Å². The first-order valence-corrected chi connectivity index (χ1v) is 8.60. The van der Waals surface area contributed by atoms with Crippen molar-refractivity contribution in [2.75, 3.05) is 6.61 Å². The lowest BCUT2D eigenvalue weighted by atomic mass is 10.00. The Hall–Kier alpha value is -2.66. The maximum Gasteiger partial charge on any atom is 0.330 e. The molecule has 0 bridgehead atoms. The number of aromatic nitrogens is 2. The molecular formula is C16H19ClN2O9. The Bertz CT molecular complexity index is 878. The van der Waals surface area contributed by atoms with Crippen LogP contribution in [0, 0.1) is 0 Å². The zero-order valence-corrected chi connectivity index (χ0v) is 16.1. The Morgan fingerprint density at radius 3 is 2.39 bits per heavy atom. The third-order valence-corrected chi connectivity index (χ3v) is 4.07. The first kappa shape index (κ1) is 21.6. The maximum atomic E-state index is 12.1. The summed E-state index contributed by atoms with van der Waals surface area (Å²) in [4.78, 5) is 59.8. The van der Waals surface area contributed by atoms with Crippen molar-refractivity contribution in [1.82, 2.24) is 9.55 Å². The third kappa shape index (κ3) is 5.42. The van der Waals surface area contributed by atoms with Crippen molar-refractivity contribution in [2.45, 2.75) is 51.7 Å². The van der Waals surface area contributed by atoms with Gasteiger partial charge in [-0.3, -0.25) is 28.7 Å². The van der Waals surface area contributed by atoms with Gasteiger partial charge in [0.25, 0.3) is 5.56 Å². The lowest BCUT2D eigenvalue weighted by Gasteiger charge is -2.40. The zero-order chi connectivity index (χ0) is 21.0. The summed E-state index contributed by atoms with van der Waals surface area (Å²) in [5, 5.41) is -0.258. The van der Waals surface area contributed by atoms with E-state index >= 15 is 0 Å². The van der Waals surface area contributed by atoms with Crippen molar-refractivity contribution in [3.05, 3.63) is 32.1 Å². The topological polar surface area (TPSA) is 143 Å². The number of carbonyl (C=O) groups is 3. The lowest BCUT2D eigenvalue weighted by Crippen LogP contribution is -2.53. The second-order valence-corrected chi connectivity index (χ2v) is 6.44. The Morgan fingerprint density at radius 1 is 1.18 bits per heavy atom. The normalized spacial score (nSPS) is 24.3. The Kier molecular flexibility index (Phi) is 6.97. The summed E-state index contributed by atoms with van der Waals surface area (Å²) in [5.41, 5.74) is -1.58. The molecule has 11 nitrogen and oxygen atoms in total. The highest BCUT2D eigenvalue weighted by atomic mass is 35.5.